The molecule has 1 N–H and O–H groups in total. The Morgan fingerprint density at radius 1 is 1.43 bits per heavy atom. The van der Waals surface area contributed by atoms with Gasteiger partial charge in [0.2, 0.25) is 4.77 Å². The van der Waals surface area contributed by atoms with Gasteiger partial charge in [-0.05, 0) is 55.0 Å². The summed E-state index contributed by atoms with van der Waals surface area (Å²) >= 11 is 11.0. The van der Waals surface area contributed by atoms with Crippen molar-refractivity contribution in [1.82, 2.24) is 14.9 Å². The lowest BCUT2D eigenvalue weighted by molar-refractivity contribution is 0.269. The van der Waals surface area contributed by atoms with Crippen LogP contribution in [0.3, 0.4) is 0 Å². The predicted octanol–water partition coefficient (Wildman–Crippen LogP) is 3.96. The van der Waals surface area contributed by atoms with Crippen molar-refractivity contribution in [3.05, 3.63) is 63.5 Å². The summed E-state index contributed by atoms with van der Waals surface area (Å²) in [4.78, 5) is 0. The minimum absolute atomic E-state index is 0.319. The van der Waals surface area contributed by atoms with E-state index in [1.165, 1.54) is 11.0 Å². The molecule has 2 aromatic heterocycles. The number of hydrogen-bond acceptors (Lipinski definition) is 5. The largest absolute Gasteiger partial charge is 0.486 e. The van der Waals surface area contributed by atoms with Gasteiger partial charge in [-0.25, -0.2) is 0 Å². The first kappa shape index (κ1) is 15.5. The zero-order valence-corrected chi connectivity index (χ0v) is 13.8. The maximum absolute atomic E-state index is 5.98. The van der Waals surface area contributed by atoms with Crippen LogP contribution in [0.15, 0.2) is 46.2 Å². The lowest BCUT2D eigenvalue weighted by Crippen LogP contribution is -1.94. The van der Waals surface area contributed by atoms with Crippen LogP contribution in [-0.2, 0) is 6.61 Å². The summed E-state index contributed by atoms with van der Waals surface area (Å²) < 4.78 is 13.1. The second-order valence-electron chi connectivity index (χ2n) is 4.75. The third-order valence-corrected chi connectivity index (χ3v) is 3.74. The number of hydrogen-bond donors (Lipinski definition) is 1. The van der Waals surface area contributed by atoms with Gasteiger partial charge in [-0.3, -0.25) is 5.10 Å². The van der Waals surface area contributed by atoms with Gasteiger partial charge in [0.25, 0.3) is 0 Å². The minimum atomic E-state index is 0.319. The first-order valence-electron chi connectivity index (χ1n) is 6.76. The van der Waals surface area contributed by atoms with E-state index in [-0.39, 0.29) is 0 Å². The van der Waals surface area contributed by atoms with Crippen LogP contribution in [0.2, 0.25) is 5.02 Å². The number of aromatic nitrogens is 3. The molecule has 118 valence electrons. The van der Waals surface area contributed by atoms with Crippen LogP contribution >= 0.6 is 23.8 Å². The molecular weight excluding hydrogens is 336 g/mol. The molecule has 0 amide bonds. The molecule has 0 saturated carbocycles. The van der Waals surface area contributed by atoms with Crippen LogP contribution in [0.4, 0.5) is 0 Å². The zero-order valence-electron chi connectivity index (χ0n) is 12.2. The van der Waals surface area contributed by atoms with Gasteiger partial charge in [-0.15, -0.1) is 0 Å². The van der Waals surface area contributed by atoms with E-state index in [4.69, 9.17) is 33.0 Å². The Labute approximate surface area is 142 Å². The molecule has 0 bridgehead atoms. The molecular formula is C15H13ClN4O2S. The van der Waals surface area contributed by atoms with E-state index in [0.717, 1.165) is 11.3 Å². The molecule has 0 unspecified atom stereocenters. The van der Waals surface area contributed by atoms with Gasteiger partial charge >= 0.3 is 0 Å². The number of aryl methyl sites for hydroxylation is 1. The molecule has 1 aromatic carbocycles. The zero-order chi connectivity index (χ0) is 16.2. The lowest BCUT2D eigenvalue weighted by atomic mass is 10.2. The van der Waals surface area contributed by atoms with Crippen molar-refractivity contribution in [1.29, 1.82) is 0 Å². The molecule has 0 fully saturated rings. The maximum atomic E-state index is 5.98. The highest BCUT2D eigenvalue weighted by atomic mass is 35.5. The maximum Gasteiger partial charge on any atom is 0.216 e. The summed E-state index contributed by atoms with van der Waals surface area (Å²) in [5, 5.41) is 11.2. The Morgan fingerprint density at radius 3 is 3.04 bits per heavy atom. The number of H-pyrrole nitrogens is 1. The van der Waals surface area contributed by atoms with Gasteiger partial charge in [-0.1, -0.05) is 11.6 Å². The Kier molecular flexibility index (Phi) is 4.59. The number of nitrogens with one attached hydrogen (secondary N) is 1. The van der Waals surface area contributed by atoms with E-state index < -0.39 is 0 Å². The average molecular weight is 349 g/mol. The van der Waals surface area contributed by atoms with Crippen LogP contribution in [0, 0.1) is 11.7 Å². The number of halogens is 1. The lowest BCUT2D eigenvalue weighted by Gasteiger charge is -2.05. The molecule has 0 aliphatic rings. The first-order valence-corrected chi connectivity index (χ1v) is 7.54. The van der Waals surface area contributed by atoms with Gasteiger partial charge < -0.3 is 9.15 Å². The summed E-state index contributed by atoms with van der Waals surface area (Å²) in [7, 11) is 0. The molecule has 23 heavy (non-hydrogen) atoms. The summed E-state index contributed by atoms with van der Waals surface area (Å²) in [6, 6.07) is 9.15. The summed E-state index contributed by atoms with van der Waals surface area (Å²) in [5.74, 6) is 2.03. The highest BCUT2D eigenvalue weighted by molar-refractivity contribution is 7.71. The number of nitrogens with zero attached hydrogens (tertiary/aromatic N) is 3. The fourth-order valence-corrected chi connectivity index (χ4v) is 2.11. The smallest absolute Gasteiger partial charge is 0.216 e. The van der Waals surface area contributed by atoms with Crippen LogP contribution in [0.5, 0.6) is 5.75 Å². The van der Waals surface area contributed by atoms with E-state index in [2.05, 4.69) is 15.3 Å². The third kappa shape index (κ3) is 3.88. The van der Waals surface area contributed by atoms with Gasteiger partial charge in [-0.2, -0.15) is 14.9 Å². The summed E-state index contributed by atoms with van der Waals surface area (Å²) in [6.45, 7) is 2.25. The van der Waals surface area contributed by atoms with E-state index in [0.29, 0.717) is 27.9 Å². The molecule has 2 heterocycles. The Bertz CT molecular complexity index is 897. The predicted molar refractivity (Wildman–Crippen MR) is 89.6 cm³/mol. The molecule has 0 saturated heterocycles. The molecule has 6 nitrogen and oxygen atoms in total. The first-order chi connectivity index (χ1) is 11.1. The summed E-state index contributed by atoms with van der Waals surface area (Å²) in [6.07, 6.45) is 3.04. The SMILES string of the molecule is Cc1cc(OCc2ccc(/C=N/n3cn[nH]c3=S)o2)ccc1Cl. The Balaban J connectivity index is 1.63. The second-order valence-corrected chi connectivity index (χ2v) is 5.55. The monoisotopic (exact) mass is 348 g/mol. The Hall–Kier alpha value is -2.38. The molecule has 0 atom stereocenters. The highest BCUT2D eigenvalue weighted by Gasteiger charge is 2.03. The topological polar surface area (TPSA) is 68.3 Å². The van der Waals surface area contributed by atoms with Crippen molar-refractivity contribution in [2.45, 2.75) is 13.5 Å². The molecule has 0 aliphatic heterocycles. The molecule has 3 rings (SSSR count). The number of rotatable bonds is 5. The van der Waals surface area contributed by atoms with Gasteiger partial charge in [0, 0.05) is 5.02 Å². The molecule has 8 heteroatoms. The van der Waals surface area contributed by atoms with Crippen molar-refractivity contribution in [2.24, 2.45) is 5.10 Å². The van der Waals surface area contributed by atoms with E-state index in [1.54, 1.807) is 18.3 Å². The fourth-order valence-electron chi connectivity index (χ4n) is 1.85. The quantitative estimate of drug-likeness (QED) is 0.559. The molecule has 0 aliphatic carbocycles. The van der Waals surface area contributed by atoms with Crippen LogP contribution < -0.4 is 4.74 Å². The summed E-state index contributed by atoms with van der Waals surface area (Å²) in [5.41, 5.74) is 0.966. The van der Waals surface area contributed by atoms with Crippen LogP contribution in [-0.4, -0.2) is 21.1 Å². The Morgan fingerprint density at radius 2 is 2.30 bits per heavy atom. The number of benzene rings is 1. The molecule has 3 aromatic rings. The van der Waals surface area contributed by atoms with Crippen molar-refractivity contribution >= 4 is 30.0 Å². The highest BCUT2D eigenvalue weighted by Crippen LogP contribution is 2.22. The fraction of sp³-hybridized carbons (Fsp3) is 0.133. The van der Waals surface area contributed by atoms with Gasteiger partial charge in [0.1, 0.15) is 30.2 Å². The van der Waals surface area contributed by atoms with Crippen LogP contribution in [0.25, 0.3) is 0 Å². The number of furan rings is 1. The minimum Gasteiger partial charge on any atom is -0.486 e. The number of ether oxygens (including phenoxy) is 1. The van der Waals surface area contributed by atoms with E-state index in [9.17, 15) is 0 Å². The van der Waals surface area contributed by atoms with Gasteiger partial charge in [0.05, 0.1) is 6.21 Å². The normalized spacial score (nSPS) is 11.2. The van der Waals surface area contributed by atoms with E-state index in [1.807, 2.05) is 25.1 Å². The van der Waals surface area contributed by atoms with Crippen molar-refractivity contribution < 1.29 is 9.15 Å². The van der Waals surface area contributed by atoms with Crippen molar-refractivity contribution in [2.75, 3.05) is 0 Å². The second kappa shape index (κ2) is 6.80. The van der Waals surface area contributed by atoms with Crippen molar-refractivity contribution in [3.63, 3.8) is 0 Å². The average Bonchev–Trinajstić information content (AvgIpc) is 3.15. The standard InChI is InChI=1S/C15H13ClN4O2S/c1-10-6-11(4-5-14(10)16)21-8-13-3-2-12(22-13)7-18-20-9-17-19-15(20)23/h2-7,9H,8H2,1H3,(H,19,23)/b18-7+. The van der Waals surface area contributed by atoms with Crippen molar-refractivity contribution in [3.8, 4) is 5.75 Å². The third-order valence-electron chi connectivity index (χ3n) is 3.04. The molecule has 0 radical (unpaired) electrons. The van der Waals surface area contributed by atoms with Crippen LogP contribution in [0.1, 0.15) is 17.1 Å². The van der Waals surface area contributed by atoms with E-state index >= 15 is 0 Å². The van der Waals surface area contributed by atoms with Gasteiger partial charge in [0.15, 0.2) is 0 Å². The molecule has 0 spiro atoms. The number of aromatic amines is 1.